The van der Waals surface area contributed by atoms with Gasteiger partial charge in [0.25, 0.3) is 0 Å². The molecule has 0 radical (unpaired) electrons. The zero-order valence-electron chi connectivity index (χ0n) is 13.6. The normalized spacial score (nSPS) is 30.3. The van der Waals surface area contributed by atoms with Crippen LogP contribution in [0.25, 0.3) is 0 Å². The molecule has 2 fully saturated rings. The summed E-state index contributed by atoms with van der Waals surface area (Å²) in [5, 5.41) is 12.5. The van der Waals surface area contributed by atoms with Gasteiger partial charge in [-0.1, -0.05) is 43.5 Å². The number of carboxylic acid groups (broad SMARTS) is 1. The Morgan fingerprint density at radius 1 is 1.09 bits per heavy atom. The fourth-order valence-electron chi connectivity index (χ4n) is 3.90. The van der Waals surface area contributed by atoms with Crippen LogP contribution in [-0.2, 0) is 9.59 Å². The quantitative estimate of drug-likeness (QED) is 0.838. The van der Waals surface area contributed by atoms with Gasteiger partial charge in [0.05, 0.1) is 5.92 Å². The van der Waals surface area contributed by atoms with E-state index in [4.69, 9.17) is 0 Å². The van der Waals surface area contributed by atoms with Crippen molar-refractivity contribution >= 4 is 11.9 Å². The fraction of sp³-hybridized carbons (Fsp3) is 0.579. The number of carbonyl (C=O) groups excluding carboxylic acids is 1. The summed E-state index contributed by atoms with van der Waals surface area (Å²) in [6.07, 6.45) is 5.34. The van der Waals surface area contributed by atoms with Gasteiger partial charge in [-0.25, -0.2) is 0 Å². The summed E-state index contributed by atoms with van der Waals surface area (Å²) in [6, 6.07) is 7.99. The second kappa shape index (κ2) is 6.73. The van der Waals surface area contributed by atoms with Crippen LogP contribution < -0.4 is 5.32 Å². The highest BCUT2D eigenvalue weighted by atomic mass is 16.4. The van der Waals surface area contributed by atoms with Crippen molar-refractivity contribution in [3.05, 3.63) is 35.4 Å². The highest BCUT2D eigenvalue weighted by Crippen LogP contribution is 2.48. The first kappa shape index (κ1) is 16.0. The predicted octanol–water partition coefficient (Wildman–Crippen LogP) is 3.25. The molecule has 1 amide bonds. The third-order valence-electron chi connectivity index (χ3n) is 5.38. The first-order valence-electron chi connectivity index (χ1n) is 8.66. The van der Waals surface area contributed by atoms with Gasteiger partial charge in [-0.2, -0.15) is 0 Å². The minimum atomic E-state index is -0.775. The van der Waals surface area contributed by atoms with E-state index in [0.717, 1.165) is 32.1 Å². The van der Waals surface area contributed by atoms with Gasteiger partial charge < -0.3 is 10.4 Å². The molecule has 0 aromatic heterocycles. The summed E-state index contributed by atoms with van der Waals surface area (Å²) < 4.78 is 0. The van der Waals surface area contributed by atoms with E-state index < -0.39 is 11.9 Å². The Morgan fingerprint density at radius 2 is 1.83 bits per heavy atom. The molecule has 23 heavy (non-hydrogen) atoms. The van der Waals surface area contributed by atoms with Gasteiger partial charge in [0.2, 0.25) is 5.91 Å². The van der Waals surface area contributed by atoms with Gasteiger partial charge in [0.15, 0.2) is 0 Å². The minimum absolute atomic E-state index is 0.00815. The van der Waals surface area contributed by atoms with Crippen molar-refractivity contribution in [1.29, 1.82) is 0 Å². The maximum atomic E-state index is 12.5. The average molecular weight is 315 g/mol. The number of amides is 1. The van der Waals surface area contributed by atoms with E-state index in [1.54, 1.807) is 0 Å². The van der Waals surface area contributed by atoms with E-state index in [0.29, 0.717) is 12.3 Å². The number of carboxylic acids is 1. The highest BCUT2D eigenvalue weighted by Gasteiger charge is 2.45. The van der Waals surface area contributed by atoms with Gasteiger partial charge in [-0.15, -0.1) is 0 Å². The third kappa shape index (κ3) is 3.57. The largest absolute Gasteiger partial charge is 0.481 e. The summed E-state index contributed by atoms with van der Waals surface area (Å²) in [7, 11) is 0. The van der Waals surface area contributed by atoms with Crippen LogP contribution in [0.5, 0.6) is 0 Å². The molecule has 2 unspecified atom stereocenters. The van der Waals surface area contributed by atoms with E-state index in [1.165, 1.54) is 11.1 Å². The molecule has 2 N–H and O–H groups in total. The van der Waals surface area contributed by atoms with Crippen LogP contribution in [0.15, 0.2) is 24.3 Å². The lowest BCUT2D eigenvalue weighted by molar-refractivity contribution is -0.143. The molecule has 0 spiro atoms. The molecule has 2 aliphatic carbocycles. The molecule has 1 aromatic rings. The van der Waals surface area contributed by atoms with E-state index in [-0.39, 0.29) is 17.9 Å². The molecule has 2 saturated carbocycles. The number of aryl methyl sites for hydroxylation is 1. The molecule has 0 heterocycles. The van der Waals surface area contributed by atoms with Gasteiger partial charge in [0.1, 0.15) is 0 Å². The fourth-order valence-corrected chi connectivity index (χ4v) is 3.90. The lowest BCUT2D eigenvalue weighted by atomic mass is 9.94. The van der Waals surface area contributed by atoms with Crippen LogP contribution in [0.2, 0.25) is 0 Å². The van der Waals surface area contributed by atoms with Crippen molar-refractivity contribution < 1.29 is 14.7 Å². The zero-order chi connectivity index (χ0) is 16.4. The van der Waals surface area contributed by atoms with Crippen molar-refractivity contribution in [2.45, 2.75) is 57.4 Å². The molecule has 0 bridgehead atoms. The van der Waals surface area contributed by atoms with E-state index in [1.807, 2.05) is 12.1 Å². The number of aliphatic carboxylic acids is 1. The lowest BCUT2D eigenvalue weighted by Gasteiger charge is -2.23. The van der Waals surface area contributed by atoms with Gasteiger partial charge in [0, 0.05) is 12.0 Å². The Kier molecular flexibility index (Phi) is 4.69. The molecule has 2 aliphatic rings. The number of hydrogen-bond donors (Lipinski definition) is 2. The Morgan fingerprint density at radius 3 is 2.57 bits per heavy atom. The molecule has 0 aliphatic heterocycles. The third-order valence-corrected chi connectivity index (χ3v) is 5.38. The number of carbonyl (C=O) groups is 2. The van der Waals surface area contributed by atoms with Crippen LogP contribution in [0, 0.1) is 18.8 Å². The lowest BCUT2D eigenvalue weighted by Crippen LogP contribution is -2.43. The maximum absolute atomic E-state index is 12.5. The molecule has 0 saturated heterocycles. The van der Waals surface area contributed by atoms with Crippen molar-refractivity contribution in [1.82, 2.24) is 5.32 Å². The average Bonchev–Trinajstić information content (AvgIpc) is 3.31. The Labute approximate surface area is 137 Å². The molecular formula is C19H25NO3. The van der Waals surface area contributed by atoms with Crippen molar-refractivity contribution in [3.8, 4) is 0 Å². The van der Waals surface area contributed by atoms with Crippen LogP contribution in [0.4, 0.5) is 0 Å². The topological polar surface area (TPSA) is 66.4 Å². The van der Waals surface area contributed by atoms with Gasteiger partial charge >= 0.3 is 5.97 Å². The van der Waals surface area contributed by atoms with Gasteiger partial charge in [-0.05, 0) is 43.2 Å². The standard InChI is InChI=1S/C19H25NO3/c1-12-7-5-6-8-13(12)15-11-16(15)18(21)20-17-10-4-2-3-9-14(17)19(22)23/h5-8,14-17H,2-4,9-11H2,1H3,(H,20,21)(H,22,23)/t14-,15?,16?,17+/m1/s1. The first-order valence-corrected chi connectivity index (χ1v) is 8.66. The Balaban J connectivity index is 1.63. The zero-order valence-corrected chi connectivity index (χ0v) is 13.6. The first-order chi connectivity index (χ1) is 11.1. The summed E-state index contributed by atoms with van der Waals surface area (Å²) >= 11 is 0. The van der Waals surface area contributed by atoms with E-state index in [2.05, 4.69) is 24.4 Å². The minimum Gasteiger partial charge on any atom is -0.481 e. The highest BCUT2D eigenvalue weighted by molar-refractivity contribution is 5.84. The molecule has 4 nitrogen and oxygen atoms in total. The summed E-state index contributed by atoms with van der Waals surface area (Å²) in [4.78, 5) is 24.0. The number of rotatable bonds is 4. The number of nitrogens with one attached hydrogen (secondary N) is 1. The van der Waals surface area contributed by atoms with Crippen LogP contribution in [0.1, 0.15) is 55.6 Å². The molecule has 4 atom stereocenters. The smallest absolute Gasteiger partial charge is 0.308 e. The molecule has 3 rings (SSSR count). The van der Waals surface area contributed by atoms with Gasteiger partial charge in [-0.3, -0.25) is 9.59 Å². The number of benzene rings is 1. The number of hydrogen-bond acceptors (Lipinski definition) is 2. The van der Waals surface area contributed by atoms with Crippen LogP contribution in [0.3, 0.4) is 0 Å². The predicted molar refractivity (Wildman–Crippen MR) is 88.2 cm³/mol. The van der Waals surface area contributed by atoms with E-state index >= 15 is 0 Å². The second-order valence-corrected chi connectivity index (χ2v) is 7.00. The van der Waals surface area contributed by atoms with E-state index in [9.17, 15) is 14.7 Å². The SMILES string of the molecule is Cc1ccccc1C1CC1C(=O)N[C@H]1CCCCC[C@H]1C(=O)O. The maximum Gasteiger partial charge on any atom is 0.308 e. The Bertz CT molecular complexity index is 598. The molecule has 124 valence electrons. The summed E-state index contributed by atoms with van der Waals surface area (Å²) in [5.41, 5.74) is 2.48. The van der Waals surface area contributed by atoms with Crippen molar-refractivity contribution in [2.75, 3.05) is 0 Å². The molecule has 1 aromatic carbocycles. The molecule has 4 heteroatoms. The summed E-state index contributed by atoms with van der Waals surface area (Å²) in [6.45, 7) is 2.08. The second-order valence-electron chi connectivity index (χ2n) is 7.00. The van der Waals surface area contributed by atoms with Crippen LogP contribution >= 0.6 is 0 Å². The monoisotopic (exact) mass is 315 g/mol. The Hall–Kier alpha value is -1.84. The summed E-state index contributed by atoms with van der Waals surface area (Å²) in [5.74, 6) is -0.865. The van der Waals surface area contributed by atoms with Crippen LogP contribution in [-0.4, -0.2) is 23.0 Å². The van der Waals surface area contributed by atoms with Crippen molar-refractivity contribution in [2.24, 2.45) is 11.8 Å². The molecular weight excluding hydrogens is 290 g/mol. The van der Waals surface area contributed by atoms with Crippen molar-refractivity contribution in [3.63, 3.8) is 0 Å².